The number of hydrogen-bond donors (Lipinski definition) is 1. The van der Waals surface area contributed by atoms with Gasteiger partial charge < -0.3 is 5.11 Å². The van der Waals surface area contributed by atoms with Gasteiger partial charge in [-0.1, -0.05) is 45.0 Å². The van der Waals surface area contributed by atoms with Gasteiger partial charge in [0.15, 0.2) is 0 Å². The van der Waals surface area contributed by atoms with Crippen LogP contribution in [0, 0.1) is 0 Å². The van der Waals surface area contributed by atoms with Crippen molar-refractivity contribution in [2.75, 3.05) is 0 Å². The van der Waals surface area contributed by atoms with Gasteiger partial charge in [0.2, 0.25) is 0 Å². The van der Waals surface area contributed by atoms with Crippen molar-refractivity contribution in [2.24, 2.45) is 0 Å². The fourth-order valence-corrected chi connectivity index (χ4v) is 2.76. The van der Waals surface area contributed by atoms with Crippen LogP contribution in [0.4, 0.5) is 0 Å². The second-order valence-corrected chi connectivity index (χ2v) is 6.97. The molecular weight excluding hydrogens is 282 g/mol. The molecule has 3 nitrogen and oxygen atoms in total. The van der Waals surface area contributed by atoms with Gasteiger partial charge in [-0.25, -0.2) is 9.78 Å². The van der Waals surface area contributed by atoms with Gasteiger partial charge in [0.1, 0.15) is 5.69 Å². The number of hydrogen-bond acceptors (Lipinski definition) is 3. The molecule has 0 atom stereocenters. The Hall–Kier alpha value is -1.81. The molecule has 0 unspecified atom stereocenters. The zero-order valence-electron chi connectivity index (χ0n) is 12.5. The Kier molecular flexibility index (Phi) is 4.68. The van der Waals surface area contributed by atoms with Crippen LogP contribution in [0.5, 0.6) is 0 Å². The summed E-state index contributed by atoms with van der Waals surface area (Å²) in [6.07, 6.45) is 1.54. The number of thioether (sulfide) groups is 1. The number of nitrogens with zero attached hydrogens (tertiary/aromatic N) is 1. The lowest BCUT2D eigenvalue weighted by molar-refractivity contribution is 0.0690. The van der Waals surface area contributed by atoms with Crippen molar-refractivity contribution >= 4 is 17.7 Å². The van der Waals surface area contributed by atoms with Crippen molar-refractivity contribution in [1.29, 1.82) is 0 Å². The zero-order valence-corrected chi connectivity index (χ0v) is 13.3. The second-order valence-electron chi connectivity index (χ2n) is 5.92. The summed E-state index contributed by atoms with van der Waals surface area (Å²) in [5.41, 5.74) is 2.78. The number of carboxylic acids is 1. The molecular formula is C17H19NO2S. The van der Waals surface area contributed by atoms with Gasteiger partial charge in [0, 0.05) is 16.8 Å². The van der Waals surface area contributed by atoms with E-state index in [1.165, 1.54) is 17.3 Å². The molecule has 0 aliphatic heterocycles. The van der Waals surface area contributed by atoms with E-state index in [4.69, 9.17) is 5.11 Å². The van der Waals surface area contributed by atoms with Gasteiger partial charge >= 0.3 is 5.97 Å². The maximum absolute atomic E-state index is 10.9. The predicted molar refractivity (Wildman–Crippen MR) is 85.9 cm³/mol. The maximum Gasteiger partial charge on any atom is 0.354 e. The summed E-state index contributed by atoms with van der Waals surface area (Å²) < 4.78 is 0. The van der Waals surface area contributed by atoms with E-state index in [0.717, 1.165) is 10.6 Å². The first-order chi connectivity index (χ1) is 9.86. The van der Waals surface area contributed by atoms with Crippen LogP contribution in [0.15, 0.2) is 47.5 Å². The molecule has 110 valence electrons. The number of carboxylic acid groups (broad SMARTS) is 1. The van der Waals surface area contributed by atoms with Crippen LogP contribution >= 0.6 is 11.8 Å². The molecule has 4 heteroatoms. The quantitative estimate of drug-likeness (QED) is 0.852. The summed E-state index contributed by atoms with van der Waals surface area (Å²) in [4.78, 5) is 15.6. The predicted octanol–water partition coefficient (Wildman–Crippen LogP) is 4.37. The molecule has 1 aromatic carbocycles. The number of pyridine rings is 1. The van der Waals surface area contributed by atoms with Crippen molar-refractivity contribution in [2.45, 2.75) is 36.8 Å². The Morgan fingerprint density at radius 3 is 2.43 bits per heavy atom. The highest BCUT2D eigenvalue weighted by molar-refractivity contribution is 7.98. The molecule has 0 saturated carbocycles. The van der Waals surface area contributed by atoms with Gasteiger partial charge in [-0.15, -0.1) is 11.8 Å². The first-order valence-corrected chi connectivity index (χ1v) is 7.76. The highest BCUT2D eigenvalue weighted by Crippen LogP contribution is 2.26. The fraction of sp³-hybridized carbons (Fsp3) is 0.294. The highest BCUT2D eigenvalue weighted by atomic mass is 32.2. The van der Waals surface area contributed by atoms with Crippen LogP contribution in [-0.4, -0.2) is 16.1 Å². The first kappa shape index (κ1) is 15.6. The summed E-state index contributed by atoms with van der Waals surface area (Å²) in [5, 5.41) is 8.93. The molecule has 0 amide bonds. The molecule has 2 rings (SSSR count). The number of aromatic nitrogens is 1. The number of rotatable bonds is 4. The Morgan fingerprint density at radius 1 is 1.19 bits per heavy atom. The van der Waals surface area contributed by atoms with Gasteiger partial charge in [-0.2, -0.15) is 0 Å². The van der Waals surface area contributed by atoms with Crippen LogP contribution in [0.2, 0.25) is 0 Å². The van der Waals surface area contributed by atoms with E-state index in [1.54, 1.807) is 17.8 Å². The third-order valence-corrected chi connectivity index (χ3v) is 4.24. The SMILES string of the molecule is CC(C)(C)c1ccc(CSc2ccnc(C(=O)O)c2)cc1. The smallest absolute Gasteiger partial charge is 0.354 e. The van der Waals surface area contributed by atoms with Crippen molar-refractivity contribution < 1.29 is 9.90 Å². The molecule has 1 N–H and O–H groups in total. The van der Waals surface area contributed by atoms with Crippen molar-refractivity contribution in [3.63, 3.8) is 0 Å². The molecule has 0 saturated heterocycles. The molecule has 0 fully saturated rings. The molecule has 2 aromatic rings. The van der Waals surface area contributed by atoms with Crippen molar-refractivity contribution in [3.05, 3.63) is 59.4 Å². The number of carbonyl (C=O) groups is 1. The monoisotopic (exact) mass is 301 g/mol. The van der Waals surface area contributed by atoms with Crippen molar-refractivity contribution in [1.82, 2.24) is 4.98 Å². The van der Waals surface area contributed by atoms with Crippen molar-refractivity contribution in [3.8, 4) is 0 Å². The first-order valence-electron chi connectivity index (χ1n) is 6.78. The third-order valence-electron chi connectivity index (χ3n) is 3.18. The number of benzene rings is 1. The lowest BCUT2D eigenvalue weighted by Crippen LogP contribution is -2.10. The minimum absolute atomic E-state index is 0.0862. The summed E-state index contributed by atoms with van der Waals surface area (Å²) >= 11 is 1.62. The average Bonchev–Trinajstić information content (AvgIpc) is 2.45. The van der Waals surface area contributed by atoms with Gasteiger partial charge in [-0.05, 0) is 28.7 Å². The molecule has 1 heterocycles. The minimum Gasteiger partial charge on any atom is -0.477 e. The van der Waals surface area contributed by atoms with Crippen LogP contribution in [-0.2, 0) is 11.2 Å². The Bertz CT molecular complexity index is 630. The minimum atomic E-state index is -0.994. The average molecular weight is 301 g/mol. The summed E-state index contributed by atoms with van der Waals surface area (Å²) in [7, 11) is 0. The molecule has 21 heavy (non-hydrogen) atoms. The largest absolute Gasteiger partial charge is 0.477 e. The van der Waals surface area contributed by atoms with E-state index in [0.29, 0.717) is 0 Å². The molecule has 0 spiro atoms. The van der Waals surface area contributed by atoms with Gasteiger partial charge in [0.05, 0.1) is 0 Å². The van der Waals surface area contributed by atoms with Crippen LogP contribution < -0.4 is 0 Å². The summed E-state index contributed by atoms with van der Waals surface area (Å²) in [5.74, 6) is -0.181. The molecule has 0 bridgehead atoms. The van der Waals surface area contributed by atoms with Gasteiger partial charge in [0.25, 0.3) is 0 Å². The van der Waals surface area contributed by atoms with E-state index < -0.39 is 5.97 Å². The standard InChI is InChI=1S/C17H19NO2S/c1-17(2,3)13-6-4-12(5-7-13)11-21-14-8-9-18-15(10-14)16(19)20/h4-10H,11H2,1-3H3,(H,19,20). The topological polar surface area (TPSA) is 50.2 Å². The van der Waals surface area contributed by atoms with Crippen LogP contribution in [0.1, 0.15) is 42.4 Å². The van der Waals surface area contributed by atoms with E-state index in [2.05, 4.69) is 50.0 Å². The van der Waals surface area contributed by atoms with Crippen LogP contribution in [0.25, 0.3) is 0 Å². The number of aromatic carboxylic acids is 1. The maximum atomic E-state index is 10.9. The lowest BCUT2D eigenvalue weighted by atomic mass is 9.87. The summed E-state index contributed by atoms with van der Waals surface area (Å²) in [6, 6.07) is 12.0. The zero-order chi connectivity index (χ0) is 15.5. The molecule has 0 aliphatic carbocycles. The third kappa shape index (κ3) is 4.33. The van der Waals surface area contributed by atoms with Gasteiger partial charge in [-0.3, -0.25) is 0 Å². The molecule has 0 radical (unpaired) electrons. The lowest BCUT2D eigenvalue weighted by Gasteiger charge is -2.19. The Balaban J connectivity index is 2.03. The van der Waals surface area contributed by atoms with E-state index in [1.807, 2.05) is 6.07 Å². The Morgan fingerprint density at radius 2 is 1.86 bits per heavy atom. The van der Waals surface area contributed by atoms with E-state index >= 15 is 0 Å². The molecule has 0 aliphatic rings. The van der Waals surface area contributed by atoms with Crippen LogP contribution in [0.3, 0.4) is 0 Å². The fourth-order valence-electron chi connectivity index (χ4n) is 1.89. The van der Waals surface area contributed by atoms with E-state index in [-0.39, 0.29) is 11.1 Å². The normalized spacial score (nSPS) is 11.4. The van der Waals surface area contributed by atoms with E-state index in [9.17, 15) is 4.79 Å². The summed E-state index contributed by atoms with van der Waals surface area (Å²) in [6.45, 7) is 6.59. The molecule has 1 aromatic heterocycles. The Labute approximate surface area is 129 Å². The second kappa shape index (κ2) is 6.31. The highest BCUT2D eigenvalue weighted by Gasteiger charge is 2.12.